The third-order valence-electron chi connectivity index (χ3n) is 6.18. The topological polar surface area (TPSA) is 35.5 Å². The van der Waals surface area contributed by atoms with Crippen LogP contribution in [-0.4, -0.2) is 19.7 Å². The van der Waals surface area contributed by atoms with Crippen LogP contribution in [0, 0.1) is 29.5 Å². The summed E-state index contributed by atoms with van der Waals surface area (Å²) in [5.74, 6) is 1.81. The second-order valence-electron chi connectivity index (χ2n) is 7.84. The highest BCUT2D eigenvalue weighted by Gasteiger charge is 2.33. The van der Waals surface area contributed by atoms with Crippen LogP contribution in [0.3, 0.4) is 0 Å². The summed E-state index contributed by atoms with van der Waals surface area (Å²) in [5.41, 5.74) is 0. The number of ether oxygens (including phenoxy) is 2. The van der Waals surface area contributed by atoms with Crippen LogP contribution in [-0.2, 0) is 9.53 Å². The zero-order valence-electron chi connectivity index (χ0n) is 15.4. The molecule has 26 heavy (non-hydrogen) atoms. The Labute approximate surface area is 160 Å². The third-order valence-corrected chi connectivity index (χ3v) is 6.46. The first-order valence-electron chi connectivity index (χ1n) is 9.72. The molecule has 2 aliphatic carbocycles. The molecule has 5 heteroatoms. The van der Waals surface area contributed by atoms with Crippen molar-refractivity contribution in [3.63, 3.8) is 0 Å². The molecule has 0 unspecified atom stereocenters. The minimum atomic E-state index is -0.507. The smallest absolute Gasteiger partial charge is 0.314 e. The molecule has 0 atom stereocenters. The maximum absolute atomic E-state index is 13.2. The number of halogens is 2. The minimum absolute atomic E-state index is 0.0249. The Kier molecular flexibility index (Phi) is 6.93. The molecule has 0 radical (unpaired) electrons. The van der Waals surface area contributed by atoms with Crippen molar-refractivity contribution in [2.24, 2.45) is 23.7 Å². The van der Waals surface area contributed by atoms with E-state index >= 15 is 0 Å². The fraction of sp³-hybridized carbons (Fsp3) is 0.667. The van der Waals surface area contributed by atoms with E-state index in [1.165, 1.54) is 43.9 Å². The Morgan fingerprint density at radius 2 is 1.69 bits per heavy atom. The maximum Gasteiger partial charge on any atom is 0.314 e. The van der Waals surface area contributed by atoms with E-state index in [-0.39, 0.29) is 16.9 Å². The molecule has 0 bridgehead atoms. The molecular formula is C21H28ClFO3. The number of benzene rings is 1. The predicted octanol–water partition coefficient (Wildman–Crippen LogP) is 5.64. The van der Waals surface area contributed by atoms with Crippen LogP contribution in [0.2, 0.25) is 5.02 Å². The summed E-state index contributed by atoms with van der Waals surface area (Å²) in [6.45, 7) is 0.888. The fourth-order valence-corrected chi connectivity index (χ4v) is 4.80. The molecule has 0 aliphatic heterocycles. The highest BCUT2D eigenvalue weighted by molar-refractivity contribution is 6.30. The molecule has 3 nitrogen and oxygen atoms in total. The van der Waals surface area contributed by atoms with Crippen LogP contribution in [0.4, 0.5) is 4.39 Å². The second-order valence-corrected chi connectivity index (χ2v) is 8.25. The normalized spacial score (nSPS) is 29.3. The lowest BCUT2D eigenvalue weighted by atomic mass is 9.69. The van der Waals surface area contributed by atoms with Crippen LogP contribution in [0.25, 0.3) is 0 Å². The molecule has 3 rings (SSSR count). The van der Waals surface area contributed by atoms with E-state index in [0.29, 0.717) is 5.75 Å². The van der Waals surface area contributed by atoms with E-state index in [4.69, 9.17) is 21.1 Å². The monoisotopic (exact) mass is 382 g/mol. The van der Waals surface area contributed by atoms with Crippen molar-refractivity contribution in [2.75, 3.05) is 13.7 Å². The van der Waals surface area contributed by atoms with Gasteiger partial charge in [-0.05, 0) is 81.3 Å². The van der Waals surface area contributed by atoms with E-state index in [1.807, 2.05) is 0 Å². The molecular weight excluding hydrogens is 355 g/mol. The molecule has 0 N–H and O–H groups in total. The quantitative estimate of drug-likeness (QED) is 0.488. The van der Waals surface area contributed by atoms with Gasteiger partial charge in [-0.25, -0.2) is 4.39 Å². The zero-order chi connectivity index (χ0) is 18.5. The van der Waals surface area contributed by atoms with Crippen LogP contribution >= 0.6 is 11.6 Å². The van der Waals surface area contributed by atoms with Crippen molar-refractivity contribution in [1.82, 2.24) is 0 Å². The molecule has 144 valence electrons. The van der Waals surface area contributed by atoms with E-state index in [1.54, 1.807) is 7.11 Å². The predicted molar refractivity (Wildman–Crippen MR) is 99.8 cm³/mol. The first-order valence-corrected chi connectivity index (χ1v) is 10.1. The van der Waals surface area contributed by atoms with Gasteiger partial charge in [0.05, 0.1) is 10.9 Å². The van der Waals surface area contributed by atoms with Crippen LogP contribution in [0.5, 0.6) is 5.75 Å². The first-order chi connectivity index (χ1) is 12.6. The summed E-state index contributed by atoms with van der Waals surface area (Å²) in [6.07, 6.45) is 9.10. The molecule has 0 saturated heterocycles. The minimum Gasteiger partial charge on any atom is -0.426 e. The van der Waals surface area contributed by atoms with Gasteiger partial charge in [-0.3, -0.25) is 4.79 Å². The Hall–Kier alpha value is -1.13. The SMILES string of the molecule is COCC1CCC(C2CCC(C(=O)Oc3ccc(F)c(Cl)c3)CC2)CC1. The van der Waals surface area contributed by atoms with Crippen LogP contribution in [0.15, 0.2) is 18.2 Å². The number of methoxy groups -OCH3 is 1. The van der Waals surface area contributed by atoms with Gasteiger partial charge >= 0.3 is 5.97 Å². The number of carbonyl (C=O) groups excluding carboxylic acids is 1. The Balaban J connectivity index is 1.44. The van der Waals surface area contributed by atoms with E-state index in [9.17, 15) is 9.18 Å². The zero-order valence-corrected chi connectivity index (χ0v) is 16.1. The highest BCUT2D eigenvalue weighted by atomic mass is 35.5. The van der Waals surface area contributed by atoms with Crippen molar-refractivity contribution in [1.29, 1.82) is 0 Å². The van der Waals surface area contributed by atoms with Crippen LogP contribution in [0.1, 0.15) is 51.4 Å². The van der Waals surface area contributed by atoms with Crippen molar-refractivity contribution in [2.45, 2.75) is 51.4 Å². The van der Waals surface area contributed by atoms with Gasteiger partial charge in [-0.15, -0.1) is 0 Å². The Morgan fingerprint density at radius 1 is 1.08 bits per heavy atom. The molecule has 1 aromatic rings. The first kappa shape index (κ1) is 19.6. The van der Waals surface area contributed by atoms with Crippen molar-refractivity contribution >= 4 is 17.6 Å². The number of rotatable bonds is 5. The summed E-state index contributed by atoms with van der Waals surface area (Å²) in [7, 11) is 1.78. The number of esters is 1. The second kappa shape index (κ2) is 9.18. The lowest BCUT2D eigenvalue weighted by molar-refractivity contribution is -0.140. The average molecular weight is 383 g/mol. The average Bonchev–Trinajstić information content (AvgIpc) is 2.66. The summed E-state index contributed by atoms with van der Waals surface area (Å²) >= 11 is 5.74. The molecule has 2 fully saturated rings. The lowest BCUT2D eigenvalue weighted by Crippen LogP contribution is -2.30. The van der Waals surface area contributed by atoms with Gasteiger partial charge in [-0.1, -0.05) is 11.6 Å². The van der Waals surface area contributed by atoms with E-state index in [0.717, 1.165) is 50.0 Å². The number of hydrogen-bond acceptors (Lipinski definition) is 3. The summed E-state index contributed by atoms with van der Waals surface area (Å²) < 4.78 is 23.9. The lowest BCUT2D eigenvalue weighted by Gasteiger charge is -2.37. The molecule has 0 heterocycles. The molecule has 2 aliphatic rings. The highest BCUT2D eigenvalue weighted by Crippen LogP contribution is 2.41. The van der Waals surface area contributed by atoms with Gasteiger partial charge in [-0.2, -0.15) is 0 Å². The molecule has 2 saturated carbocycles. The van der Waals surface area contributed by atoms with Crippen molar-refractivity contribution < 1.29 is 18.7 Å². The fourth-order valence-electron chi connectivity index (χ4n) is 4.63. The van der Waals surface area contributed by atoms with Gasteiger partial charge in [0.25, 0.3) is 0 Å². The van der Waals surface area contributed by atoms with Gasteiger partial charge < -0.3 is 9.47 Å². The molecule has 0 spiro atoms. The number of carbonyl (C=O) groups is 1. The van der Waals surface area contributed by atoms with Gasteiger partial charge in [0.2, 0.25) is 0 Å². The third kappa shape index (κ3) is 4.98. The van der Waals surface area contributed by atoms with E-state index in [2.05, 4.69) is 0 Å². The van der Waals surface area contributed by atoms with Gasteiger partial charge in [0.15, 0.2) is 0 Å². The summed E-state index contributed by atoms with van der Waals surface area (Å²) in [4.78, 5) is 12.4. The molecule has 1 aromatic carbocycles. The van der Waals surface area contributed by atoms with Crippen molar-refractivity contribution in [3.8, 4) is 5.75 Å². The molecule has 0 aromatic heterocycles. The van der Waals surface area contributed by atoms with Crippen molar-refractivity contribution in [3.05, 3.63) is 29.0 Å². The standard InChI is InChI=1S/C21H28ClFO3/c1-25-13-14-2-4-15(5-3-14)16-6-8-17(9-7-16)21(24)26-18-10-11-20(23)19(22)12-18/h10-12,14-17H,2-9,13H2,1H3. The van der Waals surface area contributed by atoms with Crippen LogP contribution < -0.4 is 4.74 Å². The van der Waals surface area contributed by atoms with Gasteiger partial charge in [0.1, 0.15) is 11.6 Å². The summed E-state index contributed by atoms with van der Waals surface area (Å²) in [6, 6.07) is 4.03. The van der Waals surface area contributed by atoms with E-state index < -0.39 is 5.82 Å². The largest absolute Gasteiger partial charge is 0.426 e. The number of hydrogen-bond donors (Lipinski definition) is 0. The van der Waals surface area contributed by atoms with Gasteiger partial charge in [0, 0.05) is 19.8 Å². The maximum atomic E-state index is 13.2. The Bertz CT molecular complexity index is 605. The Morgan fingerprint density at radius 3 is 2.27 bits per heavy atom. The summed E-state index contributed by atoms with van der Waals surface area (Å²) in [5, 5.41) is -0.0249. The molecule has 0 amide bonds.